The van der Waals surface area contributed by atoms with Gasteiger partial charge in [-0.05, 0) is 86.3 Å². The first-order valence-corrected chi connectivity index (χ1v) is 23.0. The van der Waals surface area contributed by atoms with Crippen molar-refractivity contribution in [3.8, 4) is 33.8 Å². The molecule has 0 heterocycles. The number of hydrogen-bond donors (Lipinski definition) is 2. The third-order valence-corrected chi connectivity index (χ3v) is 13.6. The molecule has 0 radical (unpaired) electrons. The Hall–Kier alpha value is -6.11. The maximum absolute atomic E-state index is 12.0. The molecule has 5 heteroatoms. The summed E-state index contributed by atoms with van der Waals surface area (Å²) < 4.78 is 0. The summed E-state index contributed by atoms with van der Waals surface area (Å²) in [6.45, 7) is 19.1. The summed E-state index contributed by atoms with van der Waals surface area (Å²) in [5.74, 6) is 0.751. The van der Waals surface area contributed by atoms with Gasteiger partial charge in [0.2, 0.25) is 0 Å². The Kier molecular flexibility index (Phi) is 15.2. The van der Waals surface area contributed by atoms with Crippen LogP contribution in [0.2, 0.25) is 0 Å². The number of aromatic hydroxyl groups is 2. The molecule has 8 aromatic rings. The van der Waals surface area contributed by atoms with Gasteiger partial charge in [-0.2, -0.15) is 49.2 Å². The molecule has 0 saturated heterocycles. The van der Waals surface area contributed by atoms with E-state index in [1.807, 2.05) is 60.7 Å². The second-order valence-electron chi connectivity index (χ2n) is 18.5. The minimum Gasteiger partial charge on any atom is -0.507 e. The molecule has 2 aliphatic rings. The number of nitrogens with zero attached hydrogens (tertiary/aromatic N) is 2. The number of rotatable bonds is 9. The molecule has 67 heavy (non-hydrogen) atoms. The Morgan fingerprint density at radius 2 is 0.672 bits per heavy atom. The third kappa shape index (κ3) is 9.83. The molecule has 0 aromatic heterocycles. The maximum Gasteiger partial charge on any atom is 0.124 e. The van der Waals surface area contributed by atoms with Crippen molar-refractivity contribution in [1.29, 1.82) is 0 Å². The minimum atomic E-state index is -0.453. The van der Waals surface area contributed by atoms with E-state index < -0.39 is 10.8 Å². The zero-order valence-corrected chi connectivity index (χ0v) is 43.4. The Labute approximate surface area is 418 Å². The molecule has 0 aliphatic heterocycles. The molecule has 0 spiro atoms. The molecular formula is C62H62HfN2O2-2. The first kappa shape index (κ1) is 48.8. The summed E-state index contributed by atoms with van der Waals surface area (Å²) in [7, 11) is 4.24. The van der Waals surface area contributed by atoms with Gasteiger partial charge in [0, 0.05) is 85.1 Å². The summed E-state index contributed by atoms with van der Waals surface area (Å²) in [5.41, 5.74) is 17.2. The molecule has 8 aromatic carbocycles. The first-order chi connectivity index (χ1) is 31.8. The quantitative estimate of drug-likeness (QED) is 0.112. The van der Waals surface area contributed by atoms with E-state index in [0.717, 1.165) is 57.6 Å². The zero-order chi connectivity index (χ0) is 46.6. The van der Waals surface area contributed by atoms with Gasteiger partial charge in [-0.15, -0.1) is 24.3 Å². The van der Waals surface area contributed by atoms with Crippen molar-refractivity contribution in [1.82, 2.24) is 9.80 Å². The molecular weight excluding hydrogens is 983 g/mol. The average molecular weight is 1050 g/mol. The summed E-state index contributed by atoms with van der Waals surface area (Å²) in [4.78, 5) is 4.56. The van der Waals surface area contributed by atoms with Gasteiger partial charge in [0.25, 0.3) is 0 Å². The summed E-state index contributed by atoms with van der Waals surface area (Å²) in [6.07, 6.45) is 0. The van der Waals surface area contributed by atoms with E-state index in [1.54, 1.807) is 0 Å². The van der Waals surface area contributed by atoms with Crippen molar-refractivity contribution in [3.63, 3.8) is 0 Å². The number of likely N-dealkylation sites (N-methyl/N-ethyl adjacent to an activating group) is 2. The van der Waals surface area contributed by atoms with Crippen LogP contribution in [0.1, 0.15) is 80.6 Å². The smallest absolute Gasteiger partial charge is 0.124 e. The van der Waals surface area contributed by atoms with E-state index in [0.29, 0.717) is 24.6 Å². The molecule has 2 aliphatic carbocycles. The van der Waals surface area contributed by atoms with Crippen LogP contribution in [-0.2, 0) is 49.8 Å². The second kappa shape index (κ2) is 20.8. The van der Waals surface area contributed by atoms with Crippen LogP contribution in [0.3, 0.4) is 0 Å². The fraction of sp³-hybridized carbons (Fsp3) is 0.194. The summed E-state index contributed by atoms with van der Waals surface area (Å²) in [6, 6.07) is 62.8. The van der Waals surface area contributed by atoms with E-state index in [1.165, 1.54) is 44.5 Å². The van der Waals surface area contributed by atoms with Crippen LogP contribution in [0, 0.1) is 27.7 Å². The number of fused-ring (bicyclic) bond motifs is 6. The standard InChI is InChI=1S/C48H48N2O2.2C7H7.Hf/c1-31-25-33(45(51)43(27-31)47(3)39-19-11-7-15-35(39)36-16-8-12-20-40(36)47)29-49(5)23-24-50(6)30-34-26-32(2)28-44(46(34)52)48(4)41-21-13-9-17-37(41)38-18-10-14-22-42(38)48;2*1-7-5-3-2-4-6-7;/h7-22,25-28,51-52H,23-24,29-30H2,1-6H3;2*2-6H,1H2;/q;2*-1;. The Balaban J connectivity index is 0.000000380. The SMILES string of the molecule is Cc1cc(CN(C)CCN(C)Cc2cc(C)cc(C3(C)c4ccccc4-c4ccccc43)c2O)c(O)c(C2(C)c3ccccc3-c3ccccc32)c1.[CH2-]c1ccccc1.[CH2-]c1ccccc1.[Hf]. The van der Waals surface area contributed by atoms with E-state index in [9.17, 15) is 10.2 Å². The largest absolute Gasteiger partial charge is 0.507 e. The normalized spacial score (nSPS) is 13.2. The van der Waals surface area contributed by atoms with E-state index in [-0.39, 0.29) is 25.8 Å². The fourth-order valence-corrected chi connectivity index (χ4v) is 10.2. The Bertz CT molecular complexity index is 2670. The van der Waals surface area contributed by atoms with Gasteiger partial charge in [0.05, 0.1) is 0 Å². The molecule has 0 saturated carbocycles. The van der Waals surface area contributed by atoms with E-state index in [4.69, 9.17) is 0 Å². The van der Waals surface area contributed by atoms with Crippen LogP contribution in [0.25, 0.3) is 22.3 Å². The molecule has 0 amide bonds. The summed E-state index contributed by atoms with van der Waals surface area (Å²) in [5, 5.41) is 23.9. The minimum absolute atomic E-state index is 0. The Morgan fingerprint density at radius 1 is 0.403 bits per heavy atom. The van der Waals surface area contributed by atoms with Crippen LogP contribution in [-0.4, -0.2) is 47.2 Å². The van der Waals surface area contributed by atoms with Crippen LogP contribution in [0.5, 0.6) is 11.5 Å². The van der Waals surface area contributed by atoms with Crippen molar-refractivity contribution in [3.05, 3.63) is 263 Å². The number of phenolic OH excluding ortho intramolecular Hbond substituents is 2. The van der Waals surface area contributed by atoms with E-state index in [2.05, 4.69) is 187 Å². The number of hydrogen-bond acceptors (Lipinski definition) is 4. The van der Waals surface area contributed by atoms with Gasteiger partial charge in [0.1, 0.15) is 11.5 Å². The van der Waals surface area contributed by atoms with Crippen LogP contribution < -0.4 is 0 Å². The molecule has 0 fully saturated rings. The van der Waals surface area contributed by atoms with Gasteiger partial charge in [-0.3, -0.25) is 0 Å². The predicted octanol–water partition coefficient (Wildman–Crippen LogP) is 13.7. The third-order valence-electron chi connectivity index (χ3n) is 13.6. The molecule has 2 N–H and O–H groups in total. The predicted molar refractivity (Wildman–Crippen MR) is 275 cm³/mol. The fourth-order valence-electron chi connectivity index (χ4n) is 10.2. The molecule has 0 unspecified atom stereocenters. The van der Waals surface area contributed by atoms with Crippen LogP contribution >= 0.6 is 0 Å². The molecule has 10 rings (SSSR count). The number of benzene rings is 8. The molecule has 338 valence electrons. The summed E-state index contributed by atoms with van der Waals surface area (Å²) >= 11 is 0. The number of aryl methyl sites for hydroxylation is 2. The molecule has 0 atom stereocenters. The molecule has 4 nitrogen and oxygen atoms in total. The maximum atomic E-state index is 12.0. The Morgan fingerprint density at radius 3 is 0.940 bits per heavy atom. The van der Waals surface area contributed by atoms with Crippen molar-refractivity contribution >= 4 is 0 Å². The van der Waals surface area contributed by atoms with Gasteiger partial charge < -0.3 is 20.0 Å². The van der Waals surface area contributed by atoms with E-state index >= 15 is 0 Å². The van der Waals surface area contributed by atoms with Crippen LogP contribution in [0.4, 0.5) is 0 Å². The van der Waals surface area contributed by atoms with Gasteiger partial charge in [-0.1, -0.05) is 145 Å². The monoisotopic (exact) mass is 1050 g/mol. The van der Waals surface area contributed by atoms with Gasteiger partial charge >= 0.3 is 0 Å². The molecule has 0 bridgehead atoms. The van der Waals surface area contributed by atoms with Crippen molar-refractivity contribution < 1.29 is 36.1 Å². The van der Waals surface area contributed by atoms with Gasteiger partial charge in [0.15, 0.2) is 0 Å². The van der Waals surface area contributed by atoms with Gasteiger partial charge in [-0.25, -0.2) is 0 Å². The average Bonchev–Trinajstić information content (AvgIpc) is 3.74. The number of phenols is 2. The topological polar surface area (TPSA) is 46.9 Å². The first-order valence-electron chi connectivity index (χ1n) is 23.0. The van der Waals surface area contributed by atoms with Crippen molar-refractivity contribution in [2.24, 2.45) is 0 Å². The zero-order valence-electron chi connectivity index (χ0n) is 39.9. The van der Waals surface area contributed by atoms with Crippen molar-refractivity contribution in [2.75, 3.05) is 27.2 Å². The second-order valence-corrected chi connectivity index (χ2v) is 18.5. The van der Waals surface area contributed by atoms with Crippen LogP contribution in [0.15, 0.2) is 182 Å². The van der Waals surface area contributed by atoms with Crippen molar-refractivity contribution in [2.45, 2.75) is 51.6 Å².